The van der Waals surface area contributed by atoms with E-state index in [4.69, 9.17) is 40.7 Å². The van der Waals surface area contributed by atoms with Gasteiger partial charge in [-0.1, -0.05) is 0 Å². The van der Waals surface area contributed by atoms with Crippen molar-refractivity contribution in [1.82, 2.24) is 14.6 Å². The Morgan fingerprint density at radius 3 is 0.971 bits per heavy atom. The first-order valence-electron chi connectivity index (χ1n) is 22.0. The molecule has 0 saturated heterocycles. The molecule has 0 aromatic heterocycles. The van der Waals surface area contributed by atoms with Crippen molar-refractivity contribution in [2.45, 2.75) is 27.7 Å². The van der Waals surface area contributed by atoms with Crippen molar-refractivity contribution >= 4 is 31.7 Å². The van der Waals surface area contributed by atoms with Gasteiger partial charge in [-0.25, -0.2) is 0 Å². The Morgan fingerprint density at radius 2 is 0.588 bits per heavy atom. The topological polar surface area (TPSA) is 122 Å². The molecular weight excluding hydrogens is 932 g/mol. The molecule has 8 aromatic carbocycles. The fraction of sp³-hybridized carbons (Fsp3) is 0.0769. The molecule has 1 heterocycles. The second kappa shape index (κ2) is 20.8. The molecule has 0 amide bonds. The van der Waals surface area contributed by atoms with Crippen molar-refractivity contribution in [2.24, 2.45) is 4.52 Å². The van der Waals surface area contributed by atoms with Gasteiger partial charge in [-0.15, -0.1) is 0 Å². The number of hydrogen-bond acceptors (Lipinski definition) is 12. The second-order valence-electron chi connectivity index (χ2n) is 16.1. The summed E-state index contributed by atoms with van der Waals surface area (Å²) in [7, 11) is -17.9. The van der Waals surface area contributed by atoms with Crippen LogP contribution in [0.3, 0.4) is 0 Å². The molecule has 1 unspecified atom stereocenters. The van der Waals surface area contributed by atoms with E-state index in [-0.39, 0.29) is 0 Å². The van der Waals surface area contributed by atoms with Crippen molar-refractivity contribution in [1.29, 1.82) is 0 Å². The Kier molecular flexibility index (Phi) is 14.3. The van der Waals surface area contributed by atoms with Crippen molar-refractivity contribution in [3.05, 3.63) is 241 Å². The van der Waals surface area contributed by atoms with Crippen LogP contribution in [0.25, 0.3) is 0 Å². The van der Waals surface area contributed by atoms with E-state index in [0.29, 0.717) is 46.0 Å². The molecule has 0 fully saturated rings. The summed E-state index contributed by atoms with van der Waals surface area (Å²) in [5.41, 5.74) is 4.12. The van der Waals surface area contributed by atoms with Crippen molar-refractivity contribution in [2.75, 3.05) is 0 Å². The zero-order valence-corrected chi connectivity index (χ0v) is 41.8. The predicted octanol–water partition coefficient (Wildman–Crippen LogP) is 14.8. The summed E-state index contributed by atoms with van der Waals surface area (Å²) in [5, 5.41) is 0. The third kappa shape index (κ3) is 12.2. The molecule has 0 aliphatic carbocycles. The fourth-order valence-corrected chi connectivity index (χ4v) is 22.9. The molecule has 350 valence electrons. The Labute approximate surface area is 399 Å². The normalized spacial score (nSPS) is 18.3. The molecular formula is C52H54N4O8P4. The first-order valence-corrected chi connectivity index (χ1v) is 29.0. The number of benzene rings is 8. The van der Waals surface area contributed by atoms with Gasteiger partial charge in [0, 0.05) is 0 Å². The van der Waals surface area contributed by atoms with Gasteiger partial charge in [0.15, 0.2) is 0 Å². The Bertz CT molecular complexity index is 2930. The maximum atomic E-state index is 7.33. The van der Waals surface area contributed by atoms with Gasteiger partial charge < -0.3 is 0 Å². The van der Waals surface area contributed by atoms with E-state index in [9.17, 15) is 0 Å². The third-order valence-electron chi connectivity index (χ3n) is 10.3. The predicted molar refractivity (Wildman–Crippen MR) is 279 cm³/mol. The standard InChI is InChI=1S/C52H54N4O8P4/c1-41-25-33-49(34-26-41)61-65(57-45-17-9-5-10-18-45)53-66(58-46-19-11-6-12-20-46,62-50-35-27-42(2)28-36-50)55-68(60-48-23-15-8-16-24-48,64-52-39-31-44(4)32-40-52)56-67(54-65,59-47-21-13-7-14-22-47)63-51-37-29-43(3)30-38-51/h5-40,53-55,65-67H,1-4H3. The van der Waals surface area contributed by atoms with E-state index in [1.807, 2.05) is 246 Å². The van der Waals surface area contributed by atoms with Crippen LogP contribution in [0, 0.1) is 27.7 Å². The average molecular weight is 987 g/mol. The summed E-state index contributed by atoms with van der Waals surface area (Å²) < 4.78 is 64.1. The van der Waals surface area contributed by atoms with Crippen LogP contribution in [0.15, 0.2) is 223 Å². The Morgan fingerprint density at radius 1 is 0.309 bits per heavy atom. The number of para-hydroxylation sites is 4. The van der Waals surface area contributed by atoms with Crippen LogP contribution in [0.5, 0.6) is 46.0 Å². The number of nitrogens with one attached hydrogen (secondary N) is 3. The van der Waals surface area contributed by atoms with Gasteiger partial charge in [0.05, 0.1) is 0 Å². The minimum atomic E-state index is -4.65. The SMILES string of the molecule is Cc1ccc(OP2(Oc3ccccc3)=N[PH](Oc3ccccc3)(Oc3ccc(C)cc3)N[PH](Oc3ccccc3)(Oc3ccc(C)cc3)N[PH](Oc3ccccc3)(Oc3ccc(C)cc3)N2)cc1. The quantitative estimate of drug-likeness (QED) is 0.0802. The maximum absolute atomic E-state index is 7.33. The fourth-order valence-electron chi connectivity index (χ4n) is 6.99. The number of aryl methyl sites for hydroxylation is 4. The monoisotopic (exact) mass is 986 g/mol. The molecule has 3 N–H and O–H groups in total. The van der Waals surface area contributed by atoms with E-state index in [0.717, 1.165) is 22.3 Å². The van der Waals surface area contributed by atoms with Crippen molar-refractivity contribution < 1.29 is 36.2 Å². The summed E-state index contributed by atoms with van der Waals surface area (Å²) in [6.07, 6.45) is 0. The minimum absolute atomic E-state index is 0.431. The molecule has 8 aromatic rings. The van der Waals surface area contributed by atoms with Crippen LogP contribution in [-0.2, 0) is 0 Å². The van der Waals surface area contributed by atoms with Gasteiger partial charge in [-0.3, -0.25) is 0 Å². The summed E-state index contributed by atoms with van der Waals surface area (Å²) >= 11 is 0. The third-order valence-corrected chi connectivity index (χ3v) is 23.9. The molecule has 9 rings (SSSR count). The number of rotatable bonds is 16. The van der Waals surface area contributed by atoms with Gasteiger partial charge in [-0.2, -0.15) is 0 Å². The first-order chi connectivity index (χ1) is 33.0. The van der Waals surface area contributed by atoms with Gasteiger partial charge in [-0.05, 0) is 0 Å². The molecule has 0 bridgehead atoms. The molecule has 16 heteroatoms. The molecule has 1 aliphatic heterocycles. The van der Waals surface area contributed by atoms with E-state index in [1.54, 1.807) is 0 Å². The molecule has 0 radical (unpaired) electrons. The van der Waals surface area contributed by atoms with Crippen molar-refractivity contribution in [3.63, 3.8) is 0 Å². The van der Waals surface area contributed by atoms with Gasteiger partial charge >= 0.3 is 401 Å². The molecule has 12 nitrogen and oxygen atoms in total. The summed E-state index contributed by atoms with van der Waals surface area (Å²) in [6.45, 7) is 8.04. The summed E-state index contributed by atoms with van der Waals surface area (Å²) in [5.74, 6) is 3.60. The zero-order valence-electron chi connectivity index (χ0n) is 37.9. The van der Waals surface area contributed by atoms with E-state index in [1.165, 1.54) is 0 Å². The van der Waals surface area contributed by atoms with Crippen LogP contribution in [0.1, 0.15) is 22.3 Å². The van der Waals surface area contributed by atoms with Gasteiger partial charge in [0.2, 0.25) is 0 Å². The van der Waals surface area contributed by atoms with Gasteiger partial charge in [0.25, 0.3) is 0 Å². The molecule has 0 spiro atoms. The number of hydrogen-bond donors (Lipinski definition) is 3. The first kappa shape index (κ1) is 46.7. The molecule has 1 aliphatic rings. The van der Waals surface area contributed by atoms with Crippen LogP contribution >= 0.6 is 31.7 Å². The second-order valence-corrected chi connectivity index (χ2v) is 26.1. The van der Waals surface area contributed by atoms with Crippen LogP contribution < -0.4 is 50.8 Å². The zero-order chi connectivity index (χ0) is 46.9. The van der Waals surface area contributed by atoms with E-state index >= 15 is 0 Å². The van der Waals surface area contributed by atoms with E-state index < -0.39 is 31.7 Å². The molecule has 0 saturated carbocycles. The molecule has 68 heavy (non-hydrogen) atoms. The molecule has 1 atom stereocenters. The Hall–Kier alpha value is -6.44. The summed E-state index contributed by atoms with van der Waals surface area (Å²) in [6, 6.07) is 68.1. The summed E-state index contributed by atoms with van der Waals surface area (Å²) in [4.78, 5) is 11.4. The Balaban J connectivity index is 1.40. The van der Waals surface area contributed by atoms with E-state index in [2.05, 4.69) is 14.6 Å². The van der Waals surface area contributed by atoms with Crippen LogP contribution in [-0.4, -0.2) is 0 Å². The average Bonchev–Trinajstić information content (AvgIpc) is 3.33. The van der Waals surface area contributed by atoms with Crippen LogP contribution in [0.4, 0.5) is 0 Å². The van der Waals surface area contributed by atoms with Crippen LogP contribution in [0.2, 0.25) is 0 Å². The van der Waals surface area contributed by atoms with Gasteiger partial charge in [0.1, 0.15) is 0 Å². The van der Waals surface area contributed by atoms with Crippen molar-refractivity contribution in [3.8, 4) is 46.0 Å². The number of nitrogens with zero attached hydrogens (tertiary/aromatic N) is 1.